The largest absolute Gasteiger partial charge is 0.485 e. The van der Waals surface area contributed by atoms with Crippen molar-refractivity contribution in [3.8, 4) is 5.75 Å². The molecule has 31 heavy (non-hydrogen) atoms. The lowest BCUT2D eigenvalue weighted by atomic mass is 10.1. The van der Waals surface area contributed by atoms with Crippen LogP contribution in [0.2, 0.25) is 0 Å². The van der Waals surface area contributed by atoms with Gasteiger partial charge in [0.25, 0.3) is 5.91 Å². The number of para-hydroxylation sites is 1. The third-order valence-corrected chi connectivity index (χ3v) is 5.65. The standard InChI is InChI=1S/C25H27FN2O3/c1-18-6-5-7-19(2)24(18)30-17-21-10-11-23(31-21)25(29)28-14-12-27(13-15-28)16-20-8-3-4-9-22(20)26/h3-11H,12-17H2,1-2H3. The molecule has 0 saturated carbocycles. The summed E-state index contributed by atoms with van der Waals surface area (Å²) in [5, 5.41) is 0. The van der Waals surface area contributed by atoms with E-state index in [-0.39, 0.29) is 18.3 Å². The second-order valence-corrected chi connectivity index (χ2v) is 7.94. The minimum absolute atomic E-state index is 0.121. The summed E-state index contributed by atoms with van der Waals surface area (Å²) in [5.41, 5.74) is 2.81. The number of piperazine rings is 1. The molecule has 1 saturated heterocycles. The molecule has 0 bridgehead atoms. The molecule has 0 spiro atoms. The van der Waals surface area contributed by atoms with Gasteiger partial charge in [-0.05, 0) is 43.2 Å². The Hall–Kier alpha value is -3.12. The molecule has 0 radical (unpaired) electrons. The van der Waals surface area contributed by atoms with E-state index in [0.717, 1.165) is 16.9 Å². The Morgan fingerprint density at radius 1 is 0.968 bits per heavy atom. The topological polar surface area (TPSA) is 45.9 Å². The van der Waals surface area contributed by atoms with Gasteiger partial charge in [0.2, 0.25) is 0 Å². The molecular formula is C25H27FN2O3. The lowest BCUT2D eigenvalue weighted by Crippen LogP contribution is -2.48. The zero-order valence-corrected chi connectivity index (χ0v) is 17.9. The van der Waals surface area contributed by atoms with Gasteiger partial charge in [-0.25, -0.2) is 4.39 Å². The van der Waals surface area contributed by atoms with Crippen molar-refractivity contribution < 1.29 is 18.3 Å². The van der Waals surface area contributed by atoms with Gasteiger partial charge >= 0.3 is 0 Å². The lowest BCUT2D eigenvalue weighted by molar-refractivity contribution is 0.0592. The molecule has 1 fully saturated rings. The maximum atomic E-state index is 13.9. The van der Waals surface area contributed by atoms with Crippen molar-refractivity contribution in [1.82, 2.24) is 9.80 Å². The van der Waals surface area contributed by atoms with Crippen LogP contribution in [0.1, 0.15) is 33.0 Å². The van der Waals surface area contributed by atoms with Gasteiger partial charge in [0.1, 0.15) is 23.9 Å². The molecule has 0 unspecified atom stereocenters. The molecule has 0 aliphatic carbocycles. The quantitative estimate of drug-likeness (QED) is 0.584. The number of rotatable bonds is 6. The summed E-state index contributed by atoms with van der Waals surface area (Å²) in [6.07, 6.45) is 0. The van der Waals surface area contributed by atoms with E-state index in [2.05, 4.69) is 4.90 Å². The highest BCUT2D eigenvalue weighted by Gasteiger charge is 2.24. The molecule has 1 aliphatic rings. The van der Waals surface area contributed by atoms with Crippen molar-refractivity contribution in [2.75, 3.05) is 26.2 Å². The molecule has 5 nitrogen and oxygen atoms in total. The van der Waals surface area contributed by atoms with Crippen molar-refractivity contribution in [2.45, 2.75) is 27.0 Å². The Bertz CT molecular complexity index is 1030. The van der Waals surface area contributed by atoms with E-state index >= 15 is 0 Å². The molecule has 1 aliphatic heterocycles. The molecule has 0 atom stereocenters. The van der Waals surface area contributed by atoms with Crippen molar-refractivity contribution in [3.05, 3.63) is 88.6 Å². The number of nitrogens with zero attached hydrogens (tertiary/aromatic N) is 2. The first-order chi connectivity index (χ1) is 15.0. The van der Waals surface area contributed by atoms with E-state index in [1.807, 2.05) is 38.1 Å². The van der Waals surface area contributed by atoms with E-state index in [4.69, 9.17) is 9.15 Å². The molecule has 1 amide bonds. The number of hydrogen-bond acceptors (Lipinski definition) is 4. The van der Waals surface area contributed by atoms with Crippen LogP contribution in [0, 0.1) is 19.7 Å². The smallest absolute Gasteiger partial charge is 0.289 e. The molecule has 162 valence electrons. The van der Waals surface area contributed by atoms with E-state index in [0.29, 0.717) is 49.8 Å². The number of amides is 1. The summed E-state index contributed by atoms with van der Waals surface area (Å²) in [5.74, 6) is 1.47. The summed E-state index contributed by atoms with van der Waals surface area (Å²) in [6, 6.07) is 16.3. The predicted molar refractivity (Wildman–Crippen MR) is 117 cm³/mol. The van der Waals surface area contributed by atoms with Gasteiger partial charge in [-0.1, -0.05) is 36.4 Å². The number of furan rings is 1. The van der Waals surface area contributed by atoms with Crippen LogP contribution in [0.4, 0.5) is 4.39 Å². The zero-order chi connectivity index (χ0) is 21.8. The van der Waals surface area contributed by atoms with E-state index in [1.165, 1.54) is 6.07 Å². The molecule has 4 rings (SSSR count). The van der Waals surface area contributed by atoms with Crippen LogP contribution in [0.5, 0.6) is 5.75 Å². The fourth-order valence-electron chi connectivity index (χ4n) is 3.87. The zero-order valence-electron chi connectivity index (χ0n) is 17.9. The monoisotopic (exact) mass is 422 g/mol. The summed E-state index contributed by atoms with van der Waals surface area (Å²) in [6.45, 7) is 7.40. The summed E-state index contributed by atoms with van der Waals surface area (Å²) in [4.78, 5) is 16.8. The molecule has 2 aromatic carbocycles. The third kappa shape index (κ3) is 4.97. The number of aryl methyl sites for hydroxylation is 2. The Balaban J connectivity index is 1.30. The van der Waals surface area contributed by atoms with Crippen molar-refractivity contribution in [1.29, 1.82) is 0 Å². The highest BCUT2D eigenvalue weighted by Crippen LogP contribution is 2.24. The number of ether oxygens (including phenoxy) is 1. The van der Waals surface area contributed by atoms with Crippen LogP contribution in [0.3, 0.4) is 0 Å². The van der Waals surface area contributed by atoms with Gasteiger partial charge in [0.05, 0.1) is 0 Å². The SMILES string of the molecule is Cc1cccc(C)c1OCc1ccc(C(=O)N2CCN(Cc3ccccc3F)CC2)o1. The van der Waals surface area contributed by atoms with Crippen LogP contribution >= 0.6 is 0 Å². The van der Waals surface area contributed by atoms with Crippen LogP contribution in [-0.2, 0) is 13.2 Å². The molecule has 1 aromatic heterocycles. The van der Waals surface area contributed by atoms with Crippen LogP contribution in [0.25, 0.3) is 0 Å². The van der Waals surface area contributed by atoms with Gasteiger partial charge in [-0.15, -0.1) is 0 Å². The summed E-state index contributed by atoms with van der Waals surface area (Å²) >= 11 is 0. The maximum Gasteiger partial charge on any atom is 0.289 e. The van der Waals surface area contributed by atoms with E-state index in [9.17, 15) is 9.18 Å². The fraction of sp³-hybridized carbons (Fsp3) is 0.320. The predicted octanol–water partition coefficient (Wildman–Crippen LogP) is 4.57. The first-order valence-electron chi connectivity index (χ1n) is 10.5. The van der Waals surface area contributed by atoms with Crippen LogP contribution < -0.4 is 4.74 Å². The molecule has 0 N–H and O–H groups in total. The number of halogens is 1. The Labute approximate surface area is 182 Å². The summed E-state index contributed by atoms with van der Waals surface area (Å²) in [7, 11) is 0. The highest BCUT2D eigenvalue weighted by atomic mass is 19.1. The van der Waals surface area contributed by atoms with Crippen molar-refractivity contribution >= 4 is 5.91 Å². The van der Waals surface area contributed by atoms with Gasteiger partial charge in [0, 0.05) is 38.3 Å². The Morgan fingerprint density at radius 2 is 1.68 bits per heavy atom. The fourth-order valence-corrected chi connectivity index (χ4v) is 3.87. The third-order valence-electron chi connectivity index (χ3n) is 5.65. The number of hydrogen-bond donors (Lipinski definition) is 0. The number of carbonyl (C=O) groups is 1. The van der Waals surface area contributed by atoms with Gasteiger partial charge < -0.3 is 14.1 Å². The second-order valence-electron chi connectivity index (χ2n) is 7.94. The van der Waals surface area contributed by atoms with Gasteiger partial charge in [-0.2, -0.15) is 0 Å². The van der Waals surface area contributed by atoms with Crippen molar-refractivity contribution in [2.24, 2.45) is 0 Å². The molecule has 6 heteroatoms. The Morgan fingerprint density at radius 3 is 2.39 bits per heavy atom. The number of benzene rings is 2. The van der Waals surface area contributed by atoms with Gasteiger partial charge in [-0.3, -0.25) is 9.69 Å². The second kappa shape index (κ2) is 9.35. The van der Waals surface area contributed by atoms with Crippen LogP contribution in [-0.4, -0.2) is 41.9 Å². The summed E-state index contributed by atoms with van der Waals surface area (Å²) < 4.78 is 25.6. The minimum atomic E-state index is -0.188. The average molecular weight is 423 g/mol. The van der Waals surface area contributed by atoms with E-state index < -0.39 is 0 Å². The first kappa shape index (κ1) is 21.1. The van der Waals surface area contributed by atoms with Crippen LogP contribution in [0.15, 0.2) is 59.0 Å². The maximum absolute atomic E-state index is 13.9. The molecule has 3 aromatic rings. The lowest BCUT2D eigenvalue weighted by Gasteiger charge is -2.34. The van der Waals surface area contributed by atoms with Gasteiger partial charge in [0.15, 0.2) is 5.76 Å². The normalized spacial score (nSPS) is 14.6. The minimum Gasteiger partial charge on any atom is -0.485 e. The number of carbonyl (C=O) groups excluding carboxylic acids is 1. The Kier molecular flexibility index (Phi) is 6.37. The van der Waals surface area contributed by atoms with Crippen molar-refractivity contribution in [3.63, 3.8) is 0 Å². The molecule has 2 heterocycles. The average Bonchev–Trinajstić information content (AvgIpc) is 3.24. The highest BCUT2D eigenvalue weighted by molar-refractivity contribution is 5.91. The molecular weight excluding hydrogens is 395 g/mol. The first-order valence-corrected chi connectivity index (χ1v) is 10.5. The van der Waals surface area contributed by atoms with E-state index in [1.54, 1.807) is 29.2 Å².